The van der Waals surface area contributed by atoms with E-state index in [1.165, 1.54) is 0 Å². The molecule has 28 heavy (non-hydrogen) atoms. The summed E-state index contributed by atoms with van der Waals surface area (Å²) in [6.07, 6.45) is 2.79. The van der Waals surface area contributed by atoms with Crippen molar-refractivity contribution in [1.29, 1.82) is 0 Å². The van der Waals surface area contributed by atoms with Gasteiger partial charge in [0.15, 0.2) is 0 Å². The van der Waals surface area contributed by atoms with Crippen molar-refractivity contribution >= 4 is 17.5 Å². The molecule has 2 aromatic rings. The van der Waals surface area contributed by atoms with E-state index in [2.05, 4.69) is 5.32 Å². The quantitative estimate of drug-likeness (QED) is 0.738. The second-order valence-corrected chi connectivity index (χ2v) is 7.25. The molecule has 2 amide bonds. The van der Waals surface area contributed by atoms with Gasteiger partial charge in [0.1, 0.15) is 5.75 Å². The number of nitrogens with one attached hydrogen (secondary N) is 1. The number of carbonyl (C=O) groups is 2. The van der Waals surface area contributed by atoms with Gasteiger partial charge in [0.05, 0.1) is 12.5 Å². The van der Waals surface area contributed by atoms with Gasteiger partial charge >= 0.3 is 0 Å². The summed E-state index contributed by atoms with van der Waals surface area (Å²) < 4.78 is 5.77. The maximum atomic E-state index is 12.5. The molecule has 0 saturated carbocycles. The highest BCUT2D eigenvalue weighted by Gasteiger charge is 2.28. The van der Waals surface area contributed by atoms with Crippen LogP contribution in [0.4, 0.5) is 5.69 Å². The molecule has 1 fully saturated rings. The lowest BCUT2D eigenvalue weighted by Gasteiger charge is -2.32. The Balaban J connectivity index is 1.42. The number of rotatable bonds is 7. The second kappa shape index (κ2) is 9.93. The van der Waals surface area contributed by atoms with Crippen molar-refractivity contribution < 1.29 is 14.3 Å². The highest BCUT2D eigenvalue weighted by atomic mass is 16.5. The molecule has 1 aliphatic heterocycles. The van der Waals surface area contributed by atoms with Gasteiger partial charge in [-0.2, -0.15) is 0 Å². The van der Waals surface area contributed by atoms with Crippen LogP contribution in [0.5, 0.6) is 5.75 Å². The van der Waals surface area contributed by atoms with Gasteiger partial charge in [-0.1, -0.05) is 36.4 Å². The van der Waals surface area contributed by atoms with Crippen molar-refractivity contribution in [2.45, 2.75) is 32.6 Å². The summed E-state index contributed by atoms with van der Waals surface area (Å²) in [7, 11) is 0. The van der Waals surface area contributed by atoms with Crippen LogP contribution < -0.4 is 10.1 Å². The number of ether oxygens (including phenoxy) is 1. The van der Waals surface area contributed by atoms with Crippen LogP contribution in [0.25, 0.3) is 0 Å². The fraction of sp³-hybridized carbons (Fsp3) is 0.391. The van der Waals surface area contributed by atoms with Crippen molar-refractivity contribution in [3.63, 3.8) is 0 Å². The van der Waals surface area contributed by atoms with Crippen LogP contribution in [0, 0.1) is 12.8 Å². The Bertz CT molecular complexity index is 791. The van der Waals surface area contributed by atoms with Gasteiger partial charge in [-0.3, -0.25) is 9.59 Å². The minimum absolute atomic E-state index is 0.00779. The maximum absolute atomic E-state index is 12.5. The summed E-state index contributed by atoms with van der Waals surface area (Å²) in [5, 5.41) is 2.95. The summed E-state index contributed by atoms with van der Waals surface area (Å²) in [6, 6.07) is 17.3. The SMILES string of the molecule is Cc1ccccc1OCCCC(=O)N1CCC[C@@H](C(=O)Nc2ccccc2)C1. The van der Waals surface area contributed by atoms with E-state index < -0.39 is 0 Å². The van der Waals surface area contributed by atoms with Gasteiger partial charge in [0, 0.05) is 25.2 Å². The molecule has 1 N–H and O–H groups in total. The first-order valence-corrected chi connectivity index (χ1v) is 9.95. The summed E-state index contributed by atoms with van der Waals surface area (Å²) in [4.78, 5) is 26.9. The van der Waals surface area contributed by atoms with Crippen LogP contribution in [-0.2, 0) is 9.59 Å². The highest BCUT2D eigenvalue weighted by molar-refractivity contribution is 5.93. The fourth-order valence-corrected chi connectivity index (χ4v) is 3.47. The van der Waals surface area contributed by atoms with Crippen molar-refractivity contribution in [2.75, 3.05) is 25.0 Å². The number of amides is 2. The molecule has 3 rings (SSSR count). The predicted molar refractivity (Wildman–Crippen MR) is 110 cm³/mol. The third-order valence-corrected chi connectivity index (χ3v) is 5.07. The summed E-state index contributed by atoms with van der Waals surface area (Å²) in [5.74, 6) is 0.809. The number of anilines is 1. The van der Waals surface area contributed by atoms with E-state index in [0.717, 1.165) is 36.4 Å². The van der Waals surface area contributed by atoms with Crippen molar-refractivity contribution in [2.24, 2.45) is 5.92 Å². The number of likely N-dealkylation sites (tertiary alicyclic amines) is 1. The van der Waals surface area contributed by atoms with E-state index in [0.29, 0.717) is 26.0 Å². The maximum Gasteiger partial charge on any atom is 0.229 e. The van der Waals surface area contributed by atoms with Gasteiger partial charge < -0.3 is 15.0 Å². The largest absolute Gasteiger partial charge is 0.493 e. The number of hydrogen-bond acceptors (Lipinski definition) is 3. The van der Waals surface area contributed by atoms with E-state index in [4.69, 9.17) is 4.74 Å². The van der Waals surface area contributed by atoms with Crippen LogP contribution in [0.3, 0.4) is 0 Å². The molecule has 0 radical (unpaired) electrons. The molecule has 0 aromatic heterocycles. The minimum atomic E-state index is -0.152. The molecule has 5 nitrogen and oxygen atoms in total. The van der Waals surface area contributed by atoms with Crippen LogP contribution >= 0.6 is 0 Å². The summed E-state index contributed by atoms with van der Waals surface area (Å²) in [6.45, 7) is 3.75. The highest BCUT2D eigenvalue weighted by Crippen LogP contribution is 2.20. The topological polar surface area (TPSA) is 58.6 Å². The van der Waals surface area contributed by atoms with E-state index in [-0.39, 0.29) is 17.7 Å². The number of para-hydroxylation sites is 2. The zero-order valence-electron chi connectivity index (χ0n) is 16.4. The van der Waals surface area contributed by atoms with Crippen LogP contribution in [0.2, 0.25) is 0 Å². The molecular weight excluding hydrogens is 352 g/mol. The number of carbonyl (C=O) groups excluding carboxylic acids is 2. The fourth-order valence-electron chi connectivity index (χ4n) is 3.47. The standard InChI is InChI=1S/C23H28N2O3/c1-18-9-5-6-13-21(18)28-16-8-14-22(26)25-15-7-10-19(17-25)23(27)24-20-11-3-2-4-12-20/h2-6,9,11-13,19H,7-8,10,14-17H2,1H3,(H,24,27)/t19-/m1/s1. The van der Waals surface area contributed by atoms with Crippen molar-refractivity contribution in [3.8, 4) is 5.75 Å². The average molecular weight is 380 g/mol. The molecule has 0 spiro atoms. The molecule has 0 bridgehead atoms. The zero-order valence-corrected chi connectivity index (χ0v) is 16.4. The van der Waals surface area contributed by atoms with E-state index in [1.807, 2.05) is 66.4 Å². The first kappa shape index (κ1) is 19.9. The Hall–Kier alpha value is -2.82. The van der Waals surface area contributed by atoms with Crippen LogP contribution in [-0.4, -0.2) is 36.4 Å². The van der Waals surface area contributed by atoms with E-state index in [9.17, 15) is 9.59 Å². The monoisotopic (exact) mass is 380 g/mol. The lowest BCUT2D eigenvalue weighted by molar-refractivity contribution is -0.134. The first-order valence-electron chi connectivity index (χ1n) is 9.95. The molecule has 1 saturated heterocycles. The molecule has 1 heterocycles. The second-order valence-electron chi connectivity index (χ2n) is 7.25. The average Bonchev–Trinajstić information content (AvgIpc) is 2.73. The lowest BCUT2D eigenvalue weighted by Crippen LogP contribution is -2.43. The van der Waals surface area contributed by atoms with Crippen molar-refractivity contribution in [1.82, 2.24) is 4.90 Å². The normalized spacial score (nSPS) is 16.5. The van der Waals surface area contributed by atoms with Gasteiger partial charge in [-0.05, 0) is 49.9 Å². The minimum Gasteiger partial charge on any atom is -0.493 e. The number of benzene rings is 2. The third kappa shape index (κ3) is 5.59. The Morgan fingerprint density at radius 2 is 1.86 bits per heavy atom. The predicted octanol–water partition coefficient (Wildman–Crippen LogP) is 4.03. The van der Waals surface area contributed by atoms with E-state index in [1.54, 1.807) is 0 Å². The summed E-state index contributed by atoms with van der Waals surface area (Å²) in [5.41, 5.74) is 1.89. The summed E-state index contributed by atoms with van der Waals surface area (Å²) >= 11 is 0. The molecule has 148 valence electrons. The van der Waals surface area contributed by atoms with Crippen molar-refractivity contribution in [3.05, 3.63) is 60.2 Å². The molecule has 0 unspecified atom stereocenters. The molecule has 1 aliphatic rings. The van der Waals surface area contributed by atoms with Gasteiger partial charge in [-0.25, -0.2) is 0 Å². The third-order valence-electron chi connectivity index (χ3n) is 5.07. The first-order chi connectivity index (χ1) is 13.6. The Kier molecular flexibility index (Phi) is 7.06. The van der Waals surface area contributed by atoms with Crippen LogP contribution in [0.1, 0.15) is 31.2 Å². The molecule has 2 aromatic carbocycles. The molecule has 5 heteroatoms. The van der Waals surface area contributed by atoms with Gasteiger partial charge in [0.2, 0.25) is 11.8 Å². The lowest BCUT2D eigenvalue weighted by atomic mass is 9.96. The smallest absolute Gasteiger partial charge is 0.229 e. The Morgan fingerprint density at radius 1 is 1.11 bits per heavy atom. The molecular formula is C23H28N2O3. The number of piperidine rings is 1. The number of hydrogen-bond donors (Lipinski definition) is 1. The number of aryl methyl sites for hydroxylation is 1. The molecule has 0 aliphatic carbocycles. The van der Waals surface area contributed by atoms with Gasteiger partial charge in [-0.15, -0.1) is 0 Å². The number of nitrogens with zero attached hydrogens (tertiary/aromatic N) is 1. The van der Waals surface area contributed by atoms with Gasteiger partial charge in [0.25, 0.3) is 0 Å². The Morgan fingerprint density at radius 3 is 2.64 bits per heavy atom. The van der Waals surface area contributed by atoms with E-state index >= 15 is 0 Å². The Labute approximate surface area is 166 Å². The molecule has 1 atom stereocenters. The van der Waals surface area contributed by atoms with Crippen LogP contribution in [0.15, 0.2) is 54.6 Å². The zero-order chi connectivity index (χ0) is 19.8.